The molecule has 22 nitrogen and oxygen atoms in total. The highest BCUT2D eigenvalue weighted by molar-refractivity contribution is 6.34. The Balaban J connectivity index is 1.20. The second-order valence-electron chi connectivity index (χ2n) is 23.4. The van der Waals surface area contributed by atoms with Crippen LogP contribution in [0.2, 0.25) is 5.02 Å². The Bertz CT molecular complexity index is 2540. The highest BCUT2D eigenvalue weighted by Crippen LogP contribution is 2.43. The number of aromatic carboxylic acids is 1. The van der Waals surface area contributed by atoms with Gasteiger partial charge >= 0.3 is 17.9 Å². The van der Waals surface area contributed by atoms with Gasteiger partial charge in [0.2, 0.25) is 5.43 Å². The largest absolute Gasteiger partial charge is 0.477 e. The first-order valence-electron chi connectivity index (χ1n) is 28.2. The number of cyclic esters (lactones) is 1. The van der Waals surface area contributed by atoms with Crippen LogP contribution in [0.5, 0.6) is 0 Å². The van der Waals surface area contributed by atoms with Gasteiger partial charge in [-0.1, -0.05) is 44.5 Å². The van der Waals surface area contributed by atoms with Crippen LogP contribution in [0.1, 0.15) is 138 Å². The minimum atomic E-state index is -1.99. The summed E-state index contributed by atoms with van der Waals surface area (Å²) in [6.45, 7) is 19.2. The lowest BCUT2D eigenvalue weighted by atomic mass is 9.73. The Kier molecular flexibility index (Phi) is 22.1. The van der Waals surface area contributed by atoms with Gasteiger partial charge in [0.25, 0.3) is 0 Å². The van der Waals surface area contributed by atoms with E-state index in [4.69, 9.17) is 54.3 Å². The molecule has 6 rings (SSSR count). The molecule has 1 saturated carbocycles. The van der Waals surface area contributed by atoms with Crippen LogP contribution in [-0.2, 0) is 52.3 Å². The highest BCUT2D eigenvalue weighted by atomic mass is 35.5. The van der Waals surface area contributed by atoms with Crippen LogP contribution in [0.3, 0.4) is 0 Å². The molecule has 2 aromatic rings. The number of aromatic nitrogens is 1. The maximum absolute atomic E-state index is 14.6. The summed E-state index contributed by atoms with van der Waals surface area (Å²) < 4.78 is 52.3. The summed E-state index contributed by atoms with van der Waals surface area (Å²) in [6.07, 6.45) is -7.23. The van der Waals surface area contributed by atoms with Gasteiger partial charge in [-0.2, -0.15) is 0 Å². The summed E-state index contributed by atoms with van der Waals surface area (Å²) >= 11 is 6.62. The molecule has 3 saturated heterocycles. The van der Waals surface area contributed by atoms with Crippen LogP contribution in [0.15, 0.2) is 28.3 Å². The zero-order valence-corrected chi connectivity index (χ0v) is 49.8. The van der Waals surface area contributed by atoms with E-state index in [9.17, 15) is 44.7 Å². The van der Waals surface area contributed by atoms with E-state index in [1.807, 2.05) is 32.8 Å². The minimum Gasteiger partial charge on any atom is -0.477 e. The van der Waals surface area contributed by atoms with Crippen molar-refractivity contribution in [1.82, 2.24) is 9.47 Å². The zero-order chi connectivity index (χ0) is 59.3. The van der Waals surface area contributed by atoms with Gasteiger partial charge in [0, 0.05) is 61.5 Å². The van der Waals surface area contributed by atoms with Crippen LogP contribution in [0.25, 0.3) is 10.9 Å². The molecular formula is C57H89ClN4O18. The summed E-state index contributed by atoms with van der Waals surface area (Å²) in [4.78, 5) is 60.6. The first-order valence-corrected chi connectivity index (χ1v) is 28.6. The van der Waals surface area contributed by atoms with Gasteiger partial charge in [-0.3, -0.25) is 14.4 Å². The third-order valence-corrected chi connectivity index (χ3v) is 17.0. The number of anilines is 1. The summed E-state index contributed by atoms with van der Waals surface area (Å²) in [5.41, 5.74) is -4.61. The molecule has 1 aliphatic carbocycles. The summed E-state index contributed by atoms with van der Waals surface area (Å²) in [6, 6.07) is 2.93. The molecule has 3 aliphatic heterocycles. The van der Waals surface area contributed by atoms with Gasteiger partial charge in [0.1, 0.15) is 35.6 Å². The SMILES string of the molecule is CCO/N=C1\[C@H](C)C[C@@](C)(O)[C@H](O[C@@H]2O[C@H](C)C[C@H](N(C)C)[C@H]2O)[C@@H](C)C(O[C@H]2C[C@@](C)(OC)[C@@H](OC(=O)CCOCCNc3cc4c(=O)c(C(=O)O)cn(C5CC5)c4cc3Cl)[C@H](C)O2)[C@@H](C)C(=O)O[C@H](CC)[C@@](C)(O)[C@H](O)[C@H]1C. The molecule has 0 spiro atoms. The van der Waals surface area contributed by atoms with Crippen LogP contribution in [0.4, 0.5) is 5.69 Å². The van der Waals surface area contributed by atoms with E-state index in [1.165, 1.54) is 20.2 Å². The van der Waals surface area contributed by atoms with Gasteiger partial charge in [-0.15, -0.1) is 0 Å². The molecule has 1 aromatic heterocycles. The van der Waals surface area contributed by atoms with Crippen molar-refractivity contribution < 1.29 is 82.6 Å². The Hall–Kier alpha value is -4.04. The van der Waals surface area contributed by atoms with E-state index in [0.717, 1.165) is 12.8 Å². The topological polar surface area (TPSA) is 285 Å². The van der Waals surface area contributed by atoms with E-state index >= 15 is 0 Å². The third-order valence-electron chi connectivity index (χ3n) is 16.7. The number of nitrogens with zero attached hydrogens (tertiary/aromatic N) is 3. The molecule has 6 N–H and O–H groups in total. The average Bonchev–Trinajstić information content (AvgIpc) is 4.27. The number of carboxylic acids is 1. The Labute approximate surface area is 474 Å². The van der Waals surface area contributed by atoms with E-state index < -0.39 is 119 Å². The molecule has 4 aliphatic rings. The van der Waals surface area contributed by atoms with Crippen molar-refractivity contribution in [3.63, 3.8) is 0 Å². The lowest BCUT2D eigenvalue weighted by Crippen LogP contribution is -2.61. The number of benzene rings is 1. The van der Waals surface area contributed by atoms with Crippen molar-refractivity contribution >= 4 is 51.8 Å². The first kappa shape index (κ1) is 65.1. The smallest absolute Gasteiger partial charge is 0.341 e. The van der Waals surface area contributed by atoms with E-state index in [0.29, 0.717) is 28.4 Å². The lowest BCUT2D eigenvalue weighted by Gasteiger charge is -2.49. The number of nitrogens with one attached hydrogen (secondary N) is 1. The third kappa shape index (κ3) is 14.8. The number of aliphatic hydroxyl groups is 4. The number of carboxylic acid groups (broad SMARTS) is 1. The number of aliphatic hydroxyl groups excluding tert-OH is 2. The molecule has 80 heavy (non-hydrogen) atoms. The normalized spacial score (nSPS) is 37.3. The van der Waals surface area contributed by atoms with Crippen LogP contribution >= 0.6 is 11.6 Å². The van der Waals surface area contributed by atoms with Crippen molar-refractivity contribution in [2.75, 3.05) is 52.9 Å². The number of carbonyl (C=O) groups is 3. The Morgan fingerprint density at radius 2 is 1.64 bits per heavy atom. The number of oxime groups is 1. The lowest BCUT2D eigenvalue weighted by molar-refractivity contribution is -0.318. The molecule has 1 aromatic carbocycles. The van der Waals surface area contributed by atoms with Gasteiger partial charge < -0.3 is 83.0 Å². The number of halogens is 1. The highest BCUT2D eigenvalue weighted by Gasteiger charge is 2.54. The van der Waals surface area contributed by atoms with Gasteiger partial charge in [0.15, 0.2) is 18.7 Å². The standard InChI is InChI=1S/C57H89ClN4O18/c1-15-42-57(11,71)49(66)31(5)45(60-74-16-2)29(3)26-55(9,70)50(80-54-47(65)41(61(12)13)23-30(4)75-54)32(6)48(33(7)53(69)77-42)79-44-27-56(10,72-14)51(34(8)76-44)78-43(63)19-21-73-22-20-59-39-24-36-40(25-38(39)58)62(35-17-18-35)28-37(46(36)64)52(67)68/h24-25,28-35,41-42,44,47-51,54,59,65-66,70-71H,15-23,26-27H2,1-14H3,(H,67,68)/b60-45+/t29-,30-,31+,32+,33-,34+,41+,42-,44+,47-,48?,49-,50-,51+,54+,55-,56-,57-/m1/s1. The number of fused-ring (bicyclic) bond motifs is 1. The average molecular weight is 1150 g/mol. The molecule has 452 valence electrons. The van der Waals surface area contributed by atoms with Gasteiger partial charge in [-0.25, -0.2) is 4.79 Å². The van der Waals surface area contributed by atoms with Gasteiger partial charge in [0.05, 0.1) is 83.6 Å². The fourth-order valence-electron chi connectivity index (χ4n) is 12.0. The predicted molar refractivity (Wildman–Crippen MR) is 297 cm³/mol. The van der Waals surface area contributed by atoms with Crippen LogP contribution in [-0.4, -0.2) is 190 Å². The second kappa shape index (κ2) is 27.1. The molecular weight excluding hydrogens is 1060 g/mol. The number of pyridine rings is 1. The van der Waals surface area contributed by atoms with Crippen molar-refractivity contribution in [2.24, 2.45) is 28.8 Å². The fraction of sp³-hybridized carbons (Fsp3) is 0.772. The maximum atomic E-state index is 14.6. The number of esters is 2. The molecule has 0 bridgehead atoms. The molecule has 23 heteroatoms. The number of carbonyl (C=O) groups excluding carboxylic acids is 2. The van der Waals surface area contributed by atoms with E-state index in [1.54, 1.807) is 72.1 Å². The zero-order valence-electron chi connectivity index (χ0n) is 49.0. The minimum absolute atomic E-state index is 0.0125. The molecule has 0 amide bonds. The van der Waals surface area contributed by atoms with Crippen molar-refractivity contribution in [3.8, 4) is 0 Å². The van der Waals surface area contributed by atoms with Crippen molar-refractivity contribution in [3.05, 3.63) is 39.1 Å². The monoisotopic (exact) mass is 1150 g/mol. The first-order chi connectivity index (χ1) is 37.5. The number of hydrogen-bond donors (Lipinski definition) is 6. The van der Waals surface area contributed by atoms with Crippen LogP contribution < -0.4 is 10.7 Å². The number of likely N-dealkylation sites (N-methyl/N-ethyl adjacent to an activating group) is 1. The second-order valence-corrected chi connectivity index (χ2v) is 23.8. The molecule has 4 heterocycles. The molecule has 18 atom stereocenters. The quantitative estimate of drug-likeness (QED) is 0.0560. The maximum Gasteiger partial charge on any atom is 0.341 e. The fourth-order valence-corrected chi connectivity index (χ4v) is 12.2. The van der Waals surface area contributed by atoms with E-state index in [2.05, 4.69) is 10.5 Å². The number of rotatable bonds is 19. The number of methoxy groups -OCH3 is 1. The molecule has 4 fully saturated rings. The Morgan fingerprint density at radius 3 is 2.25 bits per heavy atom. The molecule has 0 radical (unpaired) electrons. The number of hydrogen-bond acceptors (Lipinski definition) is 20. The summed E-state index contributed by atoms with van der Waals surface area (Å²) in [5, 5.41) is 66.5. The summed E-state index contributed by atoms with van der Waals surface area (Å²) in [7, 11) is 5.17. The number of ether oxygens (including phenoxy) is 8. The van der Waals surface area contributed by atoms with E-state index in [-0.39, 0.29) is 81.2 Å². The van der Waals surface area contributed by atoms with Gasteiger partial charge in [-0.05, 0) is 107 Å². The Morgan fingerprint density at radius 1 is 0.950 bits per heavy atom. The molecule has 1 unspecified atom stereocenters. The van der Waals surface area contributed by atoms with Crippen molar-refractivity contribution in [1.29, 1.82) is 0 Å². The van der Waals surface area contributed by atoms with Crippen molar-refractivity contribution in [2.45, 2.75) is 211 Å². The van der Waals surface area contributed by atoms with Crippen LogP contribution in [0, 0.1) is 23.7 Å². The predicted octanol–water partition coefficient (Wildman–Crippen LogP) is 5.68. The summed E-state index contributed by atoms with van der Waals surface area (Å²) in [5.74, 6) is -6.20.